The number of nitrogens with one attached hydrogen (secondary N) is 1. The summed E-state index contributed by atoms with van der Waals surface area (Å²) < 4.78 is 0. The smallest absolute Gasteiger partial charge is 0.204 e. The summed E-state index contributed by atoms with van der Waals surface area (Å²) in [6.45, 7) is 0. The van der Waals surface area contributed by atoms with Crippen molar-refractivity contribution in [3.05, 3.63) is 12.5 Å². The normalized spacial score (nSPS) is 10.5. The molecule has 0 radical (unpaired) electrons. The second-order valence-corrected chi connectivity index (χ2v) is 2.71. The summed E-state index contributed by atoms with van der Waals surface area (Å²) >= 11 is 0. The van der Waals surface area contributed by atoms with Gasteiger partial charge in [-0.1, -0.05) is 0 Å². The fourth-order valence-electron chi connectivity index (χ4n) is 0.961. The van der Waals surface area contributed by atoms with Gasteiger partial charge < -0.3 is 9.88 Å². The van der Waals surface area contributed by atoms with Crippen molar-refractivity contribution in [2.24, 2.45) is 0 Å². The molecule has 2 heterocycles. The van der Waals surface area contributed by atoms with E-state index in [2.05, 4.69) is 19.9 Å². The SMILES string of the molecule is [13CH3]N([13CH3])c1nc2ncncc2[nH]1. The number of H-pyrrole nitrogens is 1. The molecule has 0 unspecified atom stereocenters. The Hall–Kier alpha value is -1.65. The van der Waals surface area contributed by atoms with Crippen LogP contribution in [-0.4, -0.2) is 34.0 Å². The van der Waals surface area contributed by atoms with Crippen LogP contribution in [-0.2, 0) is 0 Å². The molecule has 0 atom stereocenters. The Morgan fingerprint density at radius 2 is 2.25 bits per heavy atom. The Labute approximate surface area is 69.5 Å². The van der Waals surface area contributed by atoms with Gasteiger partial charge in [-0.05, 0) is 0 Å². The third-order valence-electron chi connectivity index (χ3n) is 1.57. The van der Waals surface area contributed by atoms with E-state index in [9.17, 15) is 0 Å². The molecule has 0 bridgehead atoms. The zero-order chi connectivity index (χ0) is 8.55. The van der Waals surface area contributed by atoms with Crippen molar-refractivity contribution >= 4 is 17.1 Å². The summed E-state index contributed by atoms with van der Waals surface area (Å²) in [5.74, 6) is 0.797. The lowest BCUT2D eigenvalue weighted by molar-refractivity contribution is 1.04. The second-order valence-electron chi connectivity index (χ2n) is 2.71. The highest BCUT2D eigenvalue weighted by Crippen LogP contribution is 2.10. The van der Waals surface area contributed by atoms with Crippen LogP contribution in [0.5, 0.6) is 0 Å². The molecule has 2 aromatic heterocycles. The van der Waals surface area contributed by atoms with Crippen molar-refractivity contribution in [1.29, 1.82) is 0 Å². The molecule has 0 aliphatic rings. The summed E-state index contributed by atoms with van der Waals surface area (Å²) in [4.78, 5) is 17.1. The summed E-state index contributed by atoms with van der Waals surface area (Å²) in [6.07, 6.45) is 3.20. The van der Waals surface area contributed by atoms with Gasteiger partial charge in [0.1, 0.15) is 11.8 Å². The second kappa shape index (κ2) is 2.44. The first kappa shape index (κ1) is 7.02. The number of aromatic amines is 1. The highest BCUT2D eigenvalue weighted by Gasteiger charge is 2.03. The molecule has 0 spiro atoms. The van der Waals surface area contributed by atoms with E-state index in [0.29, 0.717) is 5.65 Å². The van der Waals surface area contributed by atoms with E-state index in [-0.39, 0.29) is 0 Å². The molecule has 0 fully saturated rings. The largest absolute Gasteiger partial charge is 0.348 e. The maximum Gasteiger partial charge on any atom is 0.204 e. The molecule has 5 nitrogen and oxygen atoms in total. The lowest BCUT2D eigenvalue weighted by atomic mass is 10.6. The molecule has 0 aromatic carbocycles. The Morgan fingerprint density at radius 3 is 2.92 bits per heavy atom. The maximum absolute atomic E-state index is 4.23. The number of rotatable bonds is 1. The minimum Gasteiger partial charge on any atom is -0.348 e. The summed E-state index contributed by atoms with van der Waals surface area (Å²) in [6, 6.07) is 0. The van der Waals surface area contributed by atoms with Crippen LogP contribution in [0, 0.1) is 0 Å². The highest BCUT2D eigenvalue weighted by atomic mass is 15.4. The van der Waals surface area contributed by atoms with Crippen molar-refractivity contribution in [2.75, 3.05) is 19.0 Å². The van der Waals surface area contributed by atoms with Crippen molar-refractivity contribution in [1.82, 2.24) is 19.9 Å². The van der Waals surface area contributed by atoms with Crippen molar-refractivity contribution in [3.63, 3.8) is 0 Å². The van der Waals surface area contributed by atoms with E-state index < -0.39 is 0 Å². The van der Waals surface area contributed by atoms with Gasteiger partial charge in [0, 0.05) is 14.1 Å². The average Bonchev–Trinajstić information content (AvgIpc) is 2.46. The number of fused-ring (bicyclic) bond motifs is 1. The van der Waals surface area contributed by atoms with E-state index in [1.165, 1.54) is 6.33 Å². The summed E-state index contributed by atoms with van der Waals surface area (Å²) in [5, 5.41) is 0. The predicted molar refractivity (Wildman–Crippen MR) is 46.0 cm³/mol. The standard InChI is InChI=1S/C7H9N5/c1-12(2)7-10-5-3-8-4-9-6(5)11-7/h3-4H,1-2H3,(H,8,9,10,11)/i1+1,2+1. The van der Waals surface area contributed by atoms with Crippen LogP contribution in [0.1, 0.15) is 0 Å². The zero-order valence-corrected chi connectivity index (χ0v) is 6.94. The minimum atomic E-state index is 0.703. The lowest BCUT2D eigenvalue weighted by Crippen LogP contribution is -2.09. The van der Waals surface area contributed by atoms with Crippen LogP contribution in [0.15, 0.2) is 12.5 Å². The number of imidazole rings is 1. The van der Waals surface area contributed by atoms with E-state index in [0.717, 1.165) is 11.5 Å². The molecule has 12 heavy (non-hydrogen) atoms. The molecule has 0 aliphatic carbocycles. The molecule has 62 valence electrons. The molecule has 5 heteroatoms. The van der Waals surface area contributed by atoms with Gasteiger partial charge in [0.25, 0.3) is 0 Å². The molecule has 2 aromatic rings. The molecule has 0 aliphatic heterocycles. The Balaban J connectivity index is 2.62. The molecule has 0 amide bonds. The van der Waals surface area contributed by atoms with Crippen LogP contribution in [0.2, 0.25) is 0 Å². The predicted octanol–water partition coefficient (Wildman–Crippen LogP) is 0.419. The molecule has 0 saturated carbocycles. The van der Waals surface area contributed by atoms with Crippen LogP contribution in [0.25, 0.3) is 11.2 Å². The number of anilines is 1. The number of hydrogen-bond acceptors (Lipinski definition) is 4. The first-order chi connectivity index (χ1) is 5.77. The molecule has 1 N–H and O–H groups in total. The number of nitrogens with zero attached hydrogens (tertiary/aromatic N) is 4. The maximum atomic E-state index is 4.23. The lowest BCUT2D eigenvalue weighted by Gasteiger charge is -2.05. The summed E-state index contributed by atoms with van der Waals surface area (Å²) in [5.41, 5.74) is 1.56. The number of aromatic nitrogens is 4. The van der Waals surface area contributed by atoms with Crippen molar-refractivity contribution in [3.8, 4) is 0 Å². The highest BCUT2D eigenvalue weighted by molar-refractivity contribution is 5.71. The monoisotopic (exact) mass is 165 g/mol. The Bertz CT molecular complexity index is 358. The van der Waals surface area contributed by atoms with E-state index in [1.54, 1.807) is 6.20 Å². The van der Waals surface area contributed by atoms with Gasteiger partial charge in [0.2, 0.25) is 5.95 Å². The van der Waals surface area contributed by atoms with Crippen LogP contribution in [0.3, 0.4) is 0 Å². The van der Waals surface area contributed by atoms with Crippen LogP contribution >= 0.6 is 0 Å². The van der Waals surface area contributed by atoms with Crippen molar-refractivity contribution < 1.29 is 0 Å². The molecular weight excluding hydrogens is 156 g/mol. The van der Waals surface area contributed by atoms with Gasteiger partial charge in [-0.3, -0.25) is 0 Å². The van der Waals surface area contributed by atoms with Crippen LogP contribution in [0.4, 0.5) is 5.95 Å². The van der Waals surface area contributed by atoms with Gasteiger partial charge in [0.05, 0.1) is 6.20 Å². The summed E-state index contributed by atoms with van der Waals surface area (Å²) in [7, 11) is 3.84. The Morgan fingerprint density at radius 1 is 1.42 bits per heavy atom. The quantitative estimate of drug-likeness (QED) is 0.622. The van der Waals surface area contributed by atoms with Gasteiger partial charge in [0.15, 0.2) is 5.65 Å². The van der Waals surface area contributed by atoms with Gasteiger partial charge >= 0.3 is 0 Å². The van der Waals surface area contributed by atoms with Gasteiger partial charge in [-0.25, -0.2) is 9.97 Å². The van der Waals surface area contributed by atoms with E-state index in [1.807, 2.05) is 19.0 Å². The third kappa shape index (κ3) is 0.990. The topological polar surface area (TPSA) is 57.7 Å². The van der Waals surface area contributed by atoms with Gasteiger partial charge in [-0.15, -0.1) is 0 Å². The average molecular weight is 165 g/mol. The van der Waals surface area contributed by atoms with E-state index >= 15 is 0 Å². The fourth-order valence-corrected chi connectivity index (χ4v) is 0.961. The molecule has 2 rings (SSSR count). The first-order valence-electron chi connectivity index (χ1n) is 3.60. The molecule has 0 saturated heterocycles. The van der Waals surface area contributed by atoms with Crippen molar-refractivity contribution in [2.45, 2.75) is 0 Å². The minimum absolute atomic E-state index is 0.703. The first-order valence-corrected chi connectivity index (χ1v) is 3.60. The van der Waals surface area contributed by atoms with E-state index in [4.69, 9.17) is 0 Å². The number of hydrogen-bond donors (Lipinski definition) is 1. The fraction of sp³-hybridized carbons (Fsp3) is 0.286. The third-order valence-corrected chi connectivity index (χ3v) is 1.57. The van der Waals surface area contributed by atoms with Gasteiger partial charge in [-0.2, -0.15) is 4.98 Å². The van der Waals surface area contributed by atoms with Crippen LogP contribution < -0.4 is 4.90 Å². The molecular formula is C7H9N5. The zero-order valence-electron chi connectivity index (χ0n) is 6.94. The Kier molecular flexibility index (Phi) is 1.43.